The fraction of sp³-hybridized carbons (Fsp3) is 0.333. The summed E-state index contributed by atoms with van der Waals surface area (Å²) >= 11 is 0. The van der Waals surface area contributed by atoms with Crippen LogP contribution >= 0.6 is 12.4 Å². The molecule has 4 N–H and O–H groups in total. The number of nitrogens with one attached hydrogen (secondary N) is 2. The Labute approximate surface area is 167 Å². The predicted octanol–water partition coefficient (Wildman–Crippen LogP) is 3.96. The van der Waals surface area contributed by atoms with E-state index in [-0.39, 0.29) is 24.2 Å². The Hall–Kier alpha value is -2.53. The molecule has 2 amide bonds. The van der Waals surface area contributed by atoms with Crippen molar-refractivity contribution in [3.05, 3.63) is 59.2 Å². The molecule has 27 heavy (non-hydrogen) atoms. The summed E-state index contributed by atoms with van der Waals surface area (Å²) in [7, 11) is 0. The molecule has 0 bridgehead atoms. The van der Waals surface area contributed by atoms with Crippen LogP contribution < -0.4 is 16.4 Å². The first-order valence-corrected chi connectivity index (χ1v) is 8.88. The van der Waals surface area contributed by atoms with Crippen LogP contribution in [0, 0.1) is 12.8 Å². The average molecular weight is 390 g/mol. The minimum absolute atomic E-state index is 0. The Morgan fingerprint density at radius 1 is 1.07 bits per heavy atom. The summed E-state index contributed by atoms with van der Waals surface area (Å²) in [4.78, 5) is 24.2. The molecule has 6 heteroatoms. The van der Waals surface area contributed by atoms with Crippen molar-refractivity contribution in [1.29, 1.82) is 0 Å². The molecule has 0 saturated carbocycles. The molecule has 0 unspecified atom stereocenters. The maximum Gasteiger partial charge on any atom is 0.251 e. The molecule has 0 atom stereocenters. The number of carbonyl (C=O) groups excluding carboxylic acids is 2. The molecular weight excluding hydrogens is 362 g/mol. The van der Waals surface area contributed by atoms with Crippen molar-refractivity contribution in [3.63, 3.8) is 0 Å². The monoisotopic (exact) mass is 389 g/mol. The van der Waals surface area contributed by atoms with Gasteiger partial charge in [0.05, 0.1) is 0 Å². The van der Waals surface area contributed by atoms with Gasteiger partial charge in [-0.1, -0.05) is 26.0 Å². The smallest absolute Gasteiger partial charge is 0.251 e. The number of nitrogens with two attached hydrogens (primary N) is 1. The third kappa shape index (κ3) is 7.31. The normalized spacial score (nSPS) is 10.2. The number of hydrogen-bond acceptors (Lipinski definition) is 3. The first kappa shape index (κ1) is 22.5. The highest BCUT2D eigenvalue weighted by atomic mass is 35.5. The highest BCUT2D eigenvalue weighted by Gasteiger charge is 2.10. The van der Waals surface area contributed by atoms with E-state index in [1.165, 1.54) is 0 Å². The Morgan fingerprint density at radius 2 is 1.74 bits per heavy atom. The maximum absolute atomic E-state index is 12.3. The van der Waals surface area contributed by atoms with E-state index in [4.69, 9.17) is 5.73 Å². The van der Waals surface area contributed by atoms with Gasteiger partial charge in [-0.05, 0) is 60.7 Å². The van der Waals surface area contributed by atoms with Crippen LogP contribution in [0.3, 0.4) is 0 Å². The first-order valence-electron chi connectivity index (χ1n) is 8.88. The van der Waals surface area contributed by atoms with Crippen LogP contribution in [0.4, 0.5) is 11.4 Å². The minimum Gasteiger partial charge on any atom is -0.399 e. The average Bonchev–Trinajstić information content (AvgIpc) is 2.57. The van der Waals surface area contributed by atoms with Crippen molar-refractivity contribution < 1.29 is 9.59 Å². The summed E-state index contributed by atoms with van der Waals surface area (Å²) in [6.07, 6.45) is 1.22. The molecule has 0 aliphatic carbocycles. The largest absolute Gasteiger partial charge is 0.399 e. The minimum atomic E-state index is -0.122. The molecule has 146 valence electrons. The van der Waals surface area contributed by atoms with Crippen molar-refractivity contribution in [1.82, 2.24) is 5.32 Å². The zero-order valence-electron chi connectivity index (χ0n) is 16.0. The van der Waals surface area contributed by atoms with Crippen molar-refractivity contribution in [2.75, 3.05) is 17.6 Å². The summed E-state index contributed by atoms with van der Waals surface area (Å²) in [5.74, 6) is 0.175. The first-order chi connectivity index (χ1) is 12.3. The lowest BCUT2D eigenvalue weighted by Gasteiger charge is -2.12. The molecule has 0 aromatic heterocycles. The summed E-state index contributed by atoms with van der Waals surface area (Å²) in [6.45, 7) is 6.44. The molecule has 2 aromatic rings. The van der Waals surface area contributed by atoms with Crippen LogP contribution in [0.2, 0.25) is 0 Å². The Kier molecular flexibility index (Phi) is 8.82. The van der Waals surface area contributed by atoms with Gasteiger partial charge in [0, 0.05) is 29.9 Å². The lowest BCUT2D eigenvalue weighted by atomic mass is 10.1. The zero-order chi connectivity index (χ0) is 19.1. The van der Waals surface area contributed by atoms with Crippen LogP contribution in [0.5, 0.6) is 0 Å². The second kappa shape index (κ2) is 10.6. The molecule has 5 nitrogen and oxygen atoms in total. The van der Waals surface area contributed by atoms with Crippen LogP contribution in [0.15, 0.2) is 42.5 Å². The van der Waals surface area contributed by atoms with E-state index in [2.05, 4.69) is 10.6 Å². The van der Waals surface area contributed by atoms with E-state index in [9.17, 15) is 9.59 Å². The van der Waals surface area contributed by atoms with E-state index in [1.54, 1.807) is 18.2 Å². The number of amides is 2. The number of benzene rings is 2. The van der Waals surface area contributed by atoms with Crippen LogP contribution in [0.25, 0.3) is 0 Å². The van der Waals surface area contributed by atoms with Gasteiger partial charge in [-0.15, -0.1) is 12.4 Å². The van der Waals surface area contributed by atoms with Crippen molar-refractivity contribution >= 4 is 35.6 Å². The molecule has 0 radical (unpaired) electrons. The van der Waals surface area contributed by atoms with Crippen LogP contribution in [-0.4, -0.2) is 18.4 Å². The number of aryl methyl sites for hydroxylation is 1. The van der Waals surface area contributed by atoms with Gasteiger partial charge in [0.2, 0.25) is 5.91 Å². The van der Waals surface area contributed by atoms with E-state index < -0.39 is 0 Å². The molecule has 2 rings (SSSR count). The quantitative estimate of drug-likeness (QED) is 0.626. The van der Waals surface area contributed by atoms with Crippen LogP contribution in [-0.2, 0) is 11.2 Å². The van der Waals surface area contributed by atoms with Crippen molar-refractivity contribution in [2.24, 2.45) is 5.92 Å². The Balaban J connectivity index is 0.00000364. The molecule has 0 fully saturated rings. The maximum atomic E-state index is 12.3. The third-order valence-corrected chi connectivity index (χ3v) is 4.04. The van der Waals surface area contributed by atoms with Gasteiger partial charge in [0.25, 0.3) is 5.91 Å². The molecular formula is C21H28ClN3O2. The van der Waals surface area contributed by atoms with E-state index in [0.29, 0.717) is 24.4 Å². The van der Waals surface area contributed by atoms with Gasteiger partial charge in [-0.2, -0.15) is 0 Å². The molecule has 0 aliphatic rings. The molecule has 0 spiro atoms. The van der Waals surface area contributed by atoms with Gasteiger partial charge in [0.1, 0.15) is 0 Å². The van der Waals surface area contributed by atoms with E-state index in [1.807, 2.05) is 45.0 Å². The van der Waals surface area contributed by atoms with Gasteiger partial charge in [-0.3, -0.25) is 9.59 Å². The molecule has 0 saturated heterocycles. The van der Waals surface area contributed by atoms with Gasteiger partial charge in [-0.25, -0.2) is 0 Å². The fourth-order valence-corrected chi connectivity index (χ4v) is 2.62. The lowest BCUT2D eigenvalue weighted by Crippen LogP contribution is -2.25. The van der Waals surface area contributed by atoms with E-state index in [0.717, 1.165) is 28.9 Å². The standard InChI is InChI=1S/C21H27N3O2.ClH/c1-14(2)12-20(25)24-19-9-6-17(13-15(19)3)21(26)23-11-10-16-4-7-18(22)8-5-16;/h4-9,13-14H,10-12,22H2,1-3H3,(H,23,26)(H,24,25);1H. The molecule has 0 heterocycles. The topological polar surface area (TPSA) is 84.2 Å². The molecule has 0 aliphatic heterocycles. The highest BCUT2D eigenvalue weighted by molar-refractivity contribution is 5.96. The molecule has 2 aromatic carbocycles. The number of halogens is 1. The summed E-state index contributed by atoms with van der Waals surface area (Å²) in [6, 6.07) is 12.9. The van der Waals surface area contributed by atoms with Gasteiger partial charge < -0.3 is 16.4 Å². The highest BCUT2D eigenvalue weighted by Crippen LogP contribution is 2.17. The van der Waals surface area contributed by atoms with Gasteiger partial charge in [0.15, 0.2) is 0 Å². The summed E-state index contributed by atoms with van der Waals surface area (Å²) in [5.41, 5.74) is 9.72. The number of nitrogen functional groups attached to an aromatic ring is 1. The third-order valence-electron chi connectivity index (χ3n) is 4.04. The predicted molar refractivity (Wildman–Crippen MR) is 113 cm³/mol. The summed E-state index contributed by atoms with van der Waals surface area (Å²) in [5, 5.41) is 5.81. The Morgan fingerprint density at radius 3 is 2.33 bits per heavy atom. The van der Waals surface area contributed by atoms with Crippen molar-refractivity contribution in [2.45, 2.75) is 33.6 Å². The summed E-state index contributed by atoms with van der Waals surface area (Å²) < 4.78 is 0. The second-order valence-electron chi connectivity index (χ2n) is 6.92. The Bertz CT molecular complexity index is 773. The van der Waals surface area contributed by atoms with E-state index >= 15 is 0 Å². The second-order valence-corrected chi connectivity index (χ2v) is 6.92. The SMILES string of the molecule is Cc1cc(C(=O)NCCc2ccc(N)cc2)ccc1NC(=O)CC(C)C.Cl. The number of rotatable bonds is 7. The van der Waals surface area contributed by atoms with Crippen LogP contribution in [0.1, 0.15) is 41.8 Å². The van der Waals surface area contributed by atoms with Gasteiger partial charge >= 0.3 is 0 Å². The van der Waals surface area contributed by atoms with Crippen molar-refractivity contribution in [3.8, 4) is 0 Å². The fourth-order valence-electron chi connectivity index (χ4n) is 2.62. The lowest BCUT2D eigenvalue weighted by molar-refractivity contribution is -0.116. The number of hydrogen-bond donors (Lipinski definition) is 3. The number of carbonyl (C=O) groups is 2. The number of anilines is 2. The zero-order valence-corrected chi connectivity index (χ0v) is 16.9.